The van der Waals surface area contributed by atoms with E-state index in [1.54, 1.807) is 0 Å². The Morgan fingerprint density at radius 3 is 2.41 bits per heavy atom. The number of carbonyl (C=O) groups is 1. The van der Waals surface area contributed by atoms with Crippen molar-refractivity contribution in [1.82, 2.24) is 4.90 Å². The molecule has 0 radical (unpaired) electrons. The zero-order valence-corrected chi connectivity index (χ0v) is 9.58. The second-order valence-corrected chi connectivity index (χ2v) is 4.12. The standard InChI is InChI=1S/C14H14FNO/c15-13-6-4-12(5-7-13)14(17)8-11-16-9-2-1-3-10-16/h4-7H,1-3,9-10H2. The van der Waals surface area contributed by atoms with E-state index in [2.05, 4.69) is 12.0 Å². The van der Waals surface area contributed by atoms with E-state index in [0.29, 0.717) is 5.56 Å². The Labute approximate surface area is 100 Å². The Morgan fingerprint density at radius 2 is 1.76 bits per heavy atom. The Hall–Kier alpha value is -1.82. The molecule has 3 heteroatoms. The lowest BCUT2D eigenvalue weighted by atomic mass is 10.1. The lowest BCUT2D eigenvalue weighted by Gasteiger charge is -2.21. The van der Waals surface area contributed by atoms with Crippen LogP contribution in [0.4, 0.5) is 4.39 Å². The van der Waals surface area contributed by atoms with E-state index in [1.807, 2.05) is 4.90 Å². The van der Waals surface area contributed by atoms with E-state index >= 15 is 0 Å². The van der Waals surface area contributed by atoms with Crippen molar-refractivity contribution in [2.24, 2.45) is 0 Å². The van der Waals surface area contributed by atoms with Gasteiger partial charge in [-0.05, 0) is 49.4 Å². The molecule has 0 atom stereocenters. The van der Waals surface area contributed by atoms with E-state index in [1.165, 1.54) is 30.7 Å². The molecule has 0 unspecified atom stereocenters. The second kappa shape index (κ2) is 5.49. The average Bonchev–Trinajstić information content (AvgIpc) is 2.38. The van der Waals surface area contributed by atoms with Crippen molar-refractivity contribution in [3.8, 4) is 12.0 Å². The molecule has 0 saturated carbocycles. The summed E-state index contributed by atoms with van der Waals surface area (Å²) in [5.41, 5.74) is 0.441. The van der Waals surface area contributed by atoms with Crippen molar-refractivity contribution >= 4 is 5.78 Å². The van der Waals surface area contributed by atoms with Gasteiger partial charge in [0, 0.05) is 24.7 Å². The molecule has 0 aromatic heterocycles. The summed E-state index contributed by atoms with van der Waals surface area (Å²) in [7, 11) is 0. The van der Waals surface area contributed by atoms with E-state index in [0.717, 1.165) is 25.9 Å². The van der Waals surface area contributed by atoms with Crippen LogP contribution in [0, 0.1) is 17.8 Å². The van der Waals surface area contributed by atoms with Crippen molar-refractivity contribution in [3.05, 3.63) is 35.6 Å². The lowest BCUT2D eigenvalue weighted by molar-refractivity contribution is 0.105. The predicted octanol–water partition coefficient (Wildman–Crippen LogP) is 2.46. The maximum atomic E-state index is 12.7. The quantitative estimate of drug-likeness (QED) is 0.546. The van der Waals surface area contributed by atoms with Gasteiger partial charge >= 0.3 is 0 Å². The topological polar surface area (TPSA) is 20.3 Å². The molecule has 0 spiro atoms. The van der Waals surface area contributed by atoms with Crippen LogP contribution < -0.4 is 0 Å². The average molecular weight is 231 g/mol. The van der Waals surface area contributed by atoms with Crippen LogP contribution in [0.25, 0.3) is 0 Å². The third-order valence-corrected chi connectivity index (χ3v) is 2.79. The number of halogens is 1. The normalized spacial score (nSPS) is 15.0. The van der Waals surface area contributed by atoms with Crippen LogP contribution in [-0.2, 0) is 0 Å². The van der Waals surface area contributed by atoms with E-state index < -0.39 is 0 Å². The molecule has 0 amide bonds. The lowest BCUT2D eigenvalue weighted by Crippen LogP contribution is -2.24. The molecule has 1 heterocycles. The number of carbonyl (C=O) groups excluding carboxylic acids is 1. The number of rotatable bonds is 1. The van der Waals surface area contributed by atoms with Gasteiger partial charge in [-0.3, -0.25) is 4.79 Å². The molecule has 1 aliphatic rings. The molecule has 1 aromatic rings. The molecule has 0 N–H and O–H groups in total. The van der Waals surface area contributed by atoms with Gasteiger partial charge in [-0.25, -0.2) is 4.39 Å². The van der Waals surface area contributed by atoms with Crippen molar-refractivity contribution in [1.29, 1.82) is 0 Å². The smallest absolute Gasteiger partial charge is 0.237 e. The summed E-state index contributed by atoms with van der Waals surface area (Å²) in [4.78, 5) is 13.7. The molecule has 2 nitrogen and oxygen atoms in total. The van der Waals surface area contributed by atoms with Crippen molar-refractivity contribution < 1.29 is 9.18 Å². The first-order valence-electron chi connectivity index (χ1n) is 5.82. The van der Waals surface area contributed by atoms with Gasteiger partial charge in [0.15, 0.2) is 0 Å². The van der Waals surface area contributed by atoms with Crippen LogP contribution in [0.5, 0.6) is 0 Å². The van der Waals surface area contributed by atoms with Crippen LogP contribution in [0.15, 0.2) is 24.3 Å². The van der Waals surface area contributed by atoms with Crippen molar-refractivity contribution in [3.63, 3.8) is 0 Å². The van der Waals surface area contributed by atoms with E-state index in [-0.39, 0.29) is 11.6 Å². The maximum Gasteiger partial charge on any atom is 0.237 e. The summed E-state index contributed by atoms with van der Waals surface area (Å²) in [6, 6.07) is 8.34. The van der Waals surface area contributed by atoms with Crippen LogP contribution in [0.2, 0.25) is 0 Å². The van der Waals surface area contributed by atoms with Crippen LogP contribution >= 0.6 is 0 Å². The van der Waals surface area contributed by atoms with Crippen molar-refractivity contribution in [2.75, 3.05) is 13.1 Å². The van der Waals surface area contributed by atoms with E-state index in [4.69, 9.17) is 0 Å². The van der Waals surface area contributed by atoms with Gasteiger partial charge in [0.05, 0.1) is 0 Å². The fraction of sp³-hybridized carbons (Fsp3) is 0.357. The highest BCUT2D eigenvalue weighted by atomic mass is 19.1. The molecule has 0 aliphatic carbocycles. The zero-order valence-electron chi connectivity index (χ0n) is 9.58. The number of ketones is 1. The minimum Gasteiger partial charge on any atom is -0.332 e. The number of hydrogen-bond acceptors (Lipinski definition) is 2. The number of likely N-dealkylation sites (tertiary alicyclic amines) is 1. The molecule has 2 rings (SSSR count). The van der Waals surface area contributed by atoms with Crippen molar-refractivity contribution in [2.45, 2.75) is 19.3 Å². The number of Topliss-reactive ketones (excluding diaryl/α,β-unsaturated/α-hetero) is 1. The van der Waals surface area contributed by atoms with Gasteiger partial charge in [-0.15, -0.1) is 0 Å². The highest BCUT2D eigenvalue weighted by molar-refractivity contribution is 6.08. The summed E-state index contributed by atoms with van der Waals surface area (Å²) in [5, 5.41) is 0. The number of nitrogens with zero attached hydrogens (tertiary/aromatic N) is 1. The van der Waals surface area contributed by atoms with Crippen LogP contribution in [0.3, 0.4) is 0 Å². The molecule has 88 valence electrons. The molecule has 1 saturated heterocycles. The SMILES string of the molecule is O=C(C#CN1CCCCC1)c1ccc(F)cc1. The summed E-state index contributed by atoms with van der Waals surface area (Å²) in [5.74, 6) is 2.01. The van der Waals surface area contributed by atoms with E-state index in [9.17, 15) is 9.18 Å². The molecule has 1 fully saturated rings. The van der Waals surface area contributed by atoms with Gasteiger partial charge in [0.1, 0.15) is 5.82 Å². The van der Waals surface area contributed by atoms with Crippen LogP contribution in [0.1, 0.15) is 29.6 Å². The van der Waals surface area contributed by atoms with Gasteiger partial charge in [-0.1, -0.05) is 0 Å². The fourth-order valence-corrected chi connectivity index (χ4v) is 1.81. The monoisotopic (exact) mass is 231 g/mol. The minimum absolute atomic E-state index is 0.254. The number of hydrogen-bond donors (Lipinski definition) is 0. The third-order valence-electron chi connectivity index (χ3n) is 2.79. The Kier molecular flexibility index (Phi) is 3.77. The largest absolute Gasteiger partial charge is 0.332 e. The summed E-state index contributed by atoms with van der Waals surface area (Å²) in [6.07, 6.45) is 3.52. The van der Waals surface area contributed by atoms with Gasteiger partial charge < -0.3 is 4.90 Å². The first kappa shape index (κ1) is 11.7. The Morgan fingerprint density at radius 1 is 1.12 bits per heavy atom. The summed E-state index contributed by atoms with van der Waals surface area (Å²) >= 11 is 0. The zero-order chi connectivity index (χ0) is 12.1. The Balaban J connectivity index is 2.01. The molecule has 1 aliphatic heterocycles. The highest BCUT2D eigenvalue weighted by Gasteiger charge is 2.06. The van der Waals surface area contributed by atoms with Crippen LogP contribution in [-0.4, -0.2) is 23.8 Å². The molecular formula is C14H14FNO. The minimum atomic E-state index is -0.342. The summed E-state index contributed by atoms with van der Waals surface area (Å²) in [6.45, 7) is 1.87. The third kappa shape index (κ3) is 3.32. The summed E-state index contributed by atoms with van der Waals surface area (Å²) < 4.78 is 12.7. The maximum absolute atomic E-state index is 12.7. The molecule has 1 aromatic carbocycles. The number of benzene rings is 1. The van der Waals surface area contributed by atoms with Gasteiger partial charge in [0.25, 0.3) is 0 Å². The first-order valence-corrected chi connectivity index (χ1v) is 5.82. The van der Waals surface area contributed by atoms with Gasteiger partial charge in [-0.2, -0.15) is 0 Å². The number of piperidine rings is 1. The molecule has 17 heavy (non-hydrogen) atoms. The second-order valence-electron chi connectivity index (χ2n) is 4.12. The first-order chi connectivity index (χ1) is 8.25. The predicted molar refractivity (Wildman–Crippen MR) is 63.9 cm³/mol. The fourth-order valence-electron chi connectivity index (χ4n) is 1.81. The highest BCUT2D eigenvalue weighted by Crippen LogP contribution is 2.07. The molecule has 0 bridgehead atoms. The van der Waals surface area contributed by atoms with Gasteiger partial charge in [0.2, 0.25) is 5.78 Å². The molecular weight excluding hydrogens is 217 g/mol. The Bertz CT molecular complexity index is 449.